The summed E-state index contributed by atoms with van der Waals surface area (Å²) in [4.78, 5) is 0. The van der Waals surface area contributed by atoms with Gasteiger partial charge in [0, 0.05) is 0 Å². The Balaban J connectivity index is 0.00000225. The van der Waals surface area contributed by atoms with Gasteiger partial charge < -0.3 is 5.11 Å². The molecular weight excluding hydrogens is 223 g/mol. The number of hydrogen-bond acceptors (Lipinski definition) is 1. The maximum atomic E-state index is 11.9. The Hall–Kier alpha value is 0.656. The number of benzene rings is 1. The maximum absolute atomic E-state index is 11.9. The predicted octanol–water partition coefficient (Wildman–Crippen LogP) is 0.187. The van der Waals surface area contributed by atoms with Gasteiger partial charge in [-0.15, -0.1) is 5.75 Å². The number of aryl methyl sites for hydroxylation is 2. The van der Waals surface area contributed by atoms with Gasteiger partial charge in [-0.1, -0.05) is 57.9 Å². The van der Waals surface area contributed by atoms with Crippen molar-refractivity contribution in [2.24, 2.45) is 0 Å². The van der Waals surface area contributed by atoms with Crippen LogP contribution in [-0.4, -0.2) is 0 Å². The molecule has 1 rings (SSSR count). The molecule has 0 atom stereocenters. The molecule has 2 heteroatoms. The third kappa shape index (κ3) is 3.85. The van der Waals surface area contributed by atoms with Crippen LogP contribution in [0.3, 0.4) is 0 Å². The van der Waals surface area contributed by atoms with E-state index in [1.165, 1.54) is 5.56 Å². The molecular formula is C14H21KO. The largest absolute Gasteiger partial charge is 1.00 e. The van der Waals surface area contributed by atoms with Gasteiger partial charge in [0.25, 0.3) is 0 Å². The molecule has 0 aliphatic heterocycles. The van der Waals surface area contributed by atoms with Crippen molar-refractivity contribution in [2.45, 2.75) is 52.9 Å². The Morgan fingerprint density at radius 2 is 1.38 bits per heavy atom. The molecule has 0 unspecified atom stereocenters. The van der Waals surface area contributed by atoms with Crippen molar-refractivity contribution in [1.29, 1.82) is 0 Å². The smallest absolute Gasteiger partial charge is 0.872 e. The molecule has 0 heterocycles. The molecule has 0 fully saturated rings. The van der Waals surface area contributed by atoms with Gasteiger partial charge in [-0.25, -0.2) is 0 Å². The third-order valence-electron chi connectivity index (χ3n) is 2.87. The molecule has 16 heavy (non-hydrogen) atoms. The second kappa shape index (κ2) is 6.55. The van der Waals surface area contributed by atoms with Crippen LogP contribution in [0.4, 0.5) is 0 Å². The summed E-state index contributed by atoms with van der Waals surface area (Å²) in [6, 6.07) is 4.14. The monoisotopic (exact) mass is 244 g/mol. The first kappa shape index (κ1) is 16.7. The first-order chi connectivity index (χ1) is 6.90. The molecule has 0 saturated heterocycles. The molecule has 84 valence electrons. The third-order valence-corrected chi connectivity index (χ3v) is 2.87. The van der Waals surface area contributed by atoms with Gasteiger partial charge in [0.1, 0.15) is 0 Å². The summed E-state index contributed by atoms with van der Waals surface area (Å²) in [5.74, 6) is 0.244. The van der Waals surface area contributed by atoms with E-state index in [9.17, 15) is 5.11 Å². The van der Waals surface area contributed by atoms with Crippen LogP contribution in [0.25, 0.3) is 0 Å². The maximum Gasteiger partial charge on any atom is 1.00 e. The Labute approximate surface area is 142 Å². The average molecular weight is 244 g/mol. The minimum Gasteiger partial charge on any atom is -0.872 e. The van der Waals surface area contributed by atoms with Gasteiger partial charge in [0.05, 0.1) is 0 Å². The Morgan fingerprint density at radius 3 is 1.62 bits per heavy atom. The van der Waals surface area contributed by atoms with E-state index in [-0.39, 0.29) is 62.5 Å². The minimum absolute atomic E-state index is 0. The summed E-state index contributed by atoms with van der Waals surface area (Å²) >= 11 is 0. The predicted molar refractivity (Wildman–Crippen MR) is 63.3 cm³/mol. The molecule has 0 aliphatic rings. The van der Waals surface area contributed by atoms with Crippen LogP contribution < -0.4 is 56.5 Å². The van der Waals surface area contributed by atoms with Gasteiger partial charge >= 0.3 is 51.4 Å². The van der Waals surface area contributed by atoms with Gasteiger partial charge in [0.2, 0.25) is 0 Å². The van der Waals surface area contributed by atoms with Crippen molar-refractivity contribution < 1.29 is 56.5 Å². The van der Waals surface area contributed by atoms with Gasteiger partial charge in [0.15, 0.2) is 0 Å². The second-order valence-electron chi connectivity index (χ2n) is 5.08. The fraction of sp³-hybridized carbons (Fsp3) is 0.571. The molecule has 0 saturated carbocycles. The van der Waals surface area contributed by atoms with Crippen LogP contribution in [0.1, 0.15) is 51.3 Å². The van der Waals surface area contributed by atoms with E-state index >= 15 is 0 Å². The van der Waals surface area contributed by atoms with Gasteiger partial charge in [-0.3, -0.25) is 0 Å². The molecule has 0 radical (unpaired) electrons. The zero-order valence-electron chi connectivity index (χ0n) is 11.5. The summed E-state index contributed by atoms with van der Waals surface area (Å²) in [6.45, 7) is 10.6. The fourth-order valence-electron chi connectivity index (χ4n) is 1.71. The standard InChI is InChI=1S/C14H22O.K/c1-6-10-8-12(14(3,4)5)9-11(7-2)13(10)15;/h8-9,15H,6-7H2,1-5H3;/q;+1/p-1. The molecule has 0 aliphatic carbocycles. The SMILES string of the molecule is CCc1cc(C(C)(C)C)cc(CC)c1[O-].[K+]. The van der Waals surface area contributed by atoms with Gasteiger partial charge in [-0.05, 0) is 23.8 Å². The van der Waals surface area contributed by atoms with Gasteiger partial charge in [-0.2, -0.15) is 0 Å². The van der Waals surface area contributed by atoms with E-state index in [1.54, 1.807) is 0 Å². The molecule has 0 spiro atoms. The van der Waals surface area contributed by atoms with E-state index < -0.39 is 0 Å². The van der Waals surface area contributed by atoms with Crippen LogP contribution in [0.5, 0.6) is 5.75 Å². The van der Waals surface area contributed by atoms with E-state index in [1.807, 2.05) is 13.8 Å². The van der Waals surface area contributed by atoms with Crippen molar-refractivity contribution in [1.82, 2.24) is 0 Å². The Bertz CT molecular complexity index is 325. The van der Waals surface area contributed by atoms with Crippen molar-refractivity contribution in [3.05, 3.63) is 28.8 Å². The van der Waals surface area contributed by atoms with E-state index in [0.29, 0.717) is 0 Å². The Morgan fingerprint density at radius 1 is 1.00 bits per heavy atom. The molecule has 1 nitrogen and oxygen atoms in total. The second-order valence-corrected chi connectivity index (χ2v) is 5.08. The number of rotatable bonds is 2. The summed E-state index contributed by atoms with van der Waals surface area (Å²) in [5.41, 5.74) is 3.32. The molecule has 0 amide bonds. The first-order valence-corrected chi connectivity index (χ1v) is 5.73. The fourth-order valence-corrected chi connectivity index (χ4v) is 1.71. The van der Waals surface area contributed by atoms with E-state index in [4.69, 9.17) is 0 Å². The van der Waals surface area contributed by atoms with Crippen molar-refractivity contribution in [3.63, 3.8) is 0 Å². The first-order valence-electron chi connectivity index (χ1n) is 5.73. The van der Waals surface area contributed by atoms with Crippen LogP contribution >= 0.6 is 0 Å². The molecule has 0 aromatic heterocycles. The number of hydrogen-bond donors (Lipinski definition) is 0. The van der Waals surface area contributed by atoms with Crippen LogP contribution in [-0.2, 0) is 18.3 Å². The van der Waals surface area contributed by atoms with Crippen molar-refractivity contribution in [2.75, 3.05) is 0 Å². The van der Waals surface area contributed by atoms with E-state index in [2.05, 4.69) is 32.9 Å². The quantitative estimate of drug-likeness (QED) is 0.681. The summed E-state index contributed by atoms with van der Waals surface area (Å²) in [5, 5.41) is 11.9. The molecule has 0 bridgehead atoms. The van der Waals surface area contributed by atoms with Crippen LogP contribution in [0, 0.1) is 0 Å². The summed E-state index contributed by atoms with van der Waals surface area (Å²) in [6.07, 6.45) is 1.66. The summed E-state index contributed by atoms with van der Waals surface area (Å²) in [7, 11) is 0. The van der Waals surface area contributed by atoms with Crippen molar-refractivity contribution >= 4 is 0 Å². The molecule has 1 aromatic rings. The van der Waals surface area contributed by atoms with Crippen molar-refractivity contribution in [3.8, 4) is 5.75 Å². The van der Waals surface area contributed by atoms with Crippen LogP contribution in [0.15, 0.2) is 12.1 Å². The molecule has 0 N–H and O–H groups in total. The zero-order chi connectivity index (χ0) is 11.6. The Kier molecular flexibility index (Phi) is 6.82. The molecule has 1 aromatic carbocycles. The average Bonchev–Trinajstić information content (AvgIpc) is 2.16. The topological polar surface area (TPSA) is 23.1 Å². The zero-order valence-corrected chi connectivity index (χ0v) is 14.6. The van der Waals surface area contributed by atoms with E-state index in [0.717, 1.165) is 24.0 Å². The normalized spacial score (nSPS) is 11.1. The summed E-state index contributed by atoms with van der Waals surface area (Å²) < 4.78 is 0. The minimum atomic E-state index is 0. The van der Waals surface area contributed by atoms with Crippen LogP contribution in [0.2, 0.25) is 0 Å².